The molecular weight excluding hydrogens is 228 g/mol. The topological polar surface area (TPSA) is 52.0 Å². The van der Waals surface area contributed by atoms with E-state index in [9.17, 15) is 0 Å². The average molecular weight is 246 g/mol. The Labute approximate surface area is 107 Å². The molecule has 0 amide bonds. The second kappa shape index (κ2) is 5.08. The lowest BCUT2D eigenvalue weighted by Gasteiger charge is -2.13. The molecule has 0 saturated heterocycles. The maximum absolute atomic E-state index is 5.41. The summed E-state index contributed by atoms with van der Waals surface area (Å²) in [7, 11) is 0. The van der Waals surface area contributed by atoms with Gasteiger partial charge in [0.25, 0.3) is 0 Å². The van der Waals surface area contributed by atoms with Crippen LogP contribution >= 0.6 is 0 Å². The van der Waals surface area contributed by atoms with Gasteiger partial charge in [0, 0.05) is 17.5 Å². The molecular formula is C13H18N4O. The molecule has 0 fully saturated rings. The first-order chi connectivity index (χ1) is 8.60. The van der Waals surface area contributed by atoms with Crippen molar-refractivity contribution in [3.63, 3.8) is 0 Å². The Bertz CT molecular complexity index is 528. The summed E-state index contributed by atoms with van der Waals surface area (Å²) >= 11 is 0. The van der Waals surface area contributed by atoms with Gasteiger partial charge in [0.1, 0.15) is 5.82 Å². The molecule has 5 heteroatoms. The van der Waals surface area contributed by atoms with Gasteiger partial charge in [-0.15, -0.1) is 0 Å². The predicted octanol–water partition coefficient (Wildman–Crippen LogP) is 2.48. The molecule has 96 valence electrons. The fourth-order valence-electron chi connectivity index (χ4n) is 1.78. The number of aromatic nitrogens is 3. The highest BCUT2D eigenvalue weighted by molar-refractivity contribution is 5.39. The molecule has 2 heterocycles. The van der Waals surface area contributed by atoms with Crippen LogP contribution in [0.3, 0.4) is 0 Å². The maximum atomic E-state index is 5.41. The van der Waals surface area contributed by atoms with Gasteiger partial charge >= 0.3 is 0 Å². The van der Waals surface area contributed by atoms with Gasteiger partial charge < -0.3 is 4.74 Å². The summed E-state index contributed by atoms with van der Waals surface area (Å²) in [6.45, 7) is 8.46. The number of ether oxygens (including phenoxy) is 1. The zero-order chi connectivity index (χ0) is 13.1. The molecule has 2 aromatic rings. The smallest absolute Gasteiger partial charge is 0.218 e. The molecule has 0 saturated carbocycles. The third-order valence-corrected chi connectivity index (χ3v) is 2.60. The Kier molecular flexibility index (Phi) is 3.50. The van der Waals surface area contributed by atoms with E-state index in [-0.39, 0.29) is 0 Å². The third kappa shape index (κ3) is 2.61. The van der Waals surface area contributed by atoms with Gasteiger partial charge in [0.2, 0.25) is 5.88 Å². The minimum atomic E-state index is 0.593. The molecule has 0 aliphatic rings. The molecule has 1 N–H and O–H groups in total. The molecule has 0 radical (unpaired) electrons. The fraction of sp³-hybridized carbons (Fsp3) is 0.385. The molecule has 5 nitrogen and oxygen atoms in total. The molecule has 0 bridgehead atoms. The summed E-state index contributed by atoms with van der Waals surface area (Å²) in [6.07, 6.45) is 0. The number of anilines is 1. The van der Waals surface area contributed by atoms with Crippen LogP contribution in [-0.2, 0) is 0 Å². The second-order valence-corrected chi connectivity index (χ2v) is 4.13. The van der Waals surface area contributed by atoms with Crippen LogP contribution in [0, 0.1) is 20.8 Å². The van der Waals surface area contributed by atoms with Gasteiger partial charge in [0.05, 0.1) is 6.61 Å². The number of nitrogens with one attached hydrogen (secondary N) is 1. The largest absolute Gasteiger partial charge is 0.478 e. The van der Waals surface area contributed by atoms with Crippen molar-refractivity contribution in [3.05, 3.63) is 35.4 Å². The van der Waals surface area contributed by atoms with Crippen LogP contribution < -0.4 is 10.2 Å². The average Bonchev–Trinajstić information content (AvgIpc) is 2.60. The van der Waals surface area contributed by atoms with Crippen molar-refractivity contribution in [2.24, 2.45) is 0 Å². The first-order valence-corrected chi connectivity index (χ1v) is 6.00. The molecule has 2 aromatic heterocycles. The lowest BCUT2D eigenvalue weighted by molar-refractivity contribution is 0.325. The lowest BCUT2D eigenvalue weighted by Crippen LogP contribution is -2.14. The Morgan fingerprint density at radius 2 is 1.83 bits per heavy atom. The zero-order valence-corrected chi connectivity index (χ0v) is 11.2. The quantitative estimate of drug-likeness (QED) is 0.900. The van der Waals surface area contributed by atoms with Gasteiger partial charge in [-0.05, 0) is 39.8 Å². The summed E-state index contributed by atoms with van der Waals surface area (Å²) in [6, 6.07) is 5.91. The minimum absolute atomic E-state index is 0.593. The van der Waals surface area contributed by atoms with Crippen molar-refractivity contribution in [1.82, 2.24) is 14.6 Å². The summed E-state index contributed by atoms with van der Waals surface area (Å²) in [5.41, 5.74) is 5.50. The van der Waals surface area contributed by atoms with E-state index >= 15 is 0 Å². The molecule has 0 aliphatic heterocycles. The molecule has 0 aromatic carbocycles. The maximum Gasteiger partial charge on any atom is 0.218 e. The number of hydrogen-bond acceptors (Lipinski definition) is 4. The minimum Gasteiger partial charge on any atom is -0.478 e. The zero-order valence-electron chi connectivity index (χ0n) is 11.2. The van der Waals surface area contributed by atoms with Gasteiger partial charge in [0.15, 0.2) is 5.82 Å². The van der Waals surface area contributed by atoms with Gasteiger partial charge in [-0.2, -0.15) is 4.98 Å². The Balaban J connectivity index is 2.29. The Morgan fingerprint density at radius 1 is 1.17 bits per heavy atom. The van der Waals surface area contributed by atoms with E-state index in [1.807, 2.05) is 32.4 Å². The summed E-state index contributed by atoms with van der Waals surface area (Å²) < 4.78 is 7.39. The molecule has 0 atom stereocenters. The molecule has 18 heavy (non-hydrogen) atoms. The Morgan fingerprint density at radius 3 is 2.44 bits per heavy atom. The summed E-state index contributed by atoms with van der Waals surface area (Å²) in [5, 5.41) is 0. The summed E-state index contributed by atoms with van der Waals surface area (Å²) in [4.78, 5) is 8.57. The highest BCUT2D eigenvalue weighted by Gasteiger charge is 2.05. The third-order valence-electron chi connectivity index (χ3n) is 2.60. The lowest BCUT2D eigenvalue weighted by atomic mass is 10.5. The summed E-state index contributed by atoms with van der Waals surface area (Å²) in [5.74, 6) is 2.01. The van der Waals surface area contributed by atoms with Crippen LogP contribution in [0.5, 0.6) is 5.88 Å². The molecule has 0 unspecified atom stereocenters. The van der Waals surface area contributed by atoms with Gasteiger partial charge in [-0.3, -0.25) is 10.1 Å². The van der Waals surface area contributed by atoms with Gasteiger partial charge in [-0.25, -0.2) is 4.98 Å². The highest BCUT2D eigenvalue weighted by Crippen LogP contribution is 2.15. The standard InChI is InChI=1S/C13H18N4O/c1-5-18-13-8-12(14-11(4)15-13)16-17-9(2)6-7-10(17)3/h6-8H,5H2,1-4H3,(H,14,15,16). The number of rotatable bonds is 4. The monoisotopic (exact) mass is 246 g/mol. The first kappa shape index (κ1) is 12.4. The van der Waals surface area contributed by atoms with Crippen molar-refractivity contribution < 1.29 is 4.74 Å². The van der Waals surface area contributed by atoms with E-state index in [4.69, 9.17) is 4.74 Å². The van der Waals surface area contributed by atoms with E-state index < -0.39 is 0 Å². The second-order valence-electron chi connectivity index (χ2n) is 4.13. The van der Waals surface area contributed by atoms with Crippen LogP contribution in [0.25, 0.3) is 0 Å². The predicted molar refractivity (Wildman–Crippen MR) is 70.9 cm³/mol. The number of aryl methyl sites for hydroxylation is 3. The van der Waals surface area contributed by atoms with Gasteiger partial charge in [-0.1, -0.05) is 0 Å². The first-order valence-electron chi connectivity index (χ1n) is 6.00. The Hall–Kier alpha value is -2.04. The normalized spacial score (nSPS) is 10.4. The van der Waals surface area contributed by atoms with Crippen LogP contribution in [0.2, 0.25) is 0 Å². The van der Waals surface area contributed by atoms with E-state index in [1.165, 1.54) is 0 Å². The van der Waals surface area contributed by atoms with Crippen molar-refractivity contribution in [3.8, 4) is 5.88 Å². The van der Waals surface area contributed by atoms with Crippen molar-refractivity contribution in [1.29, 1.82) is 0 Å². The van der Waals surface area contributed by atoms with Crippen LogP contribution in [0.15, 0.2) is 18.2 Å². The highest BCUT2D eigenvalue weighted by atomic mass is 16.5. The molecule has 2 rings (SSSR count). The van der Waals surface area contributed by atoms with E-state index in [1.54, 1.807) is 6.07 Å². The van der Waals surface area contributed by atoms with Crippen molar-refractivity contribution in [2.75, 3.05) is 12.0 Å². The van der Waals surface area contributed by atoms with Crippen LogP contribution in [0.4, 0.5) is 5.82 Å². The number of hydrogen-bond donors (Lipinski definition) is 1. The van der Waals surface area contributed by atoms with Crippen LogP contribution in [-0.4, -0.2) is 21.3 Å². The van der Waals surface area contributed by atoms with Crippen LogP contribution in [0.1, 0.15) is 24.1 Å². The van der Waals surface area contributed by atoms with E-state index in [0.717, 1.165) is 17.2 Å². The van der Waals surface area contributed by atoms with E-state index in [0.29, 0.717) is 18.3 Å². The fourth-order valence-corrected chi connectivity index (χ4v) is 1.78. The molecule has 0 aliphatic carbocycles. The van der Waals surface area contributed by atoms with E-state index in [2.05, 4.69) is 27.5 Å². The van der Waals surface area contributed by atoms with Crippen molar-refractivity contribution in [2.45, 2.75) is 27.7 Å². The SMILES string of the molecule is CCOc1cc(Nn2c(C)ccc2C)nc(C)n1. The molecule has 0 spiro atoms. The number of nitrogens with zero attached hydrogens (tertiary/aromatic N) is 3. The van der Waals surface area contributed by atoms with Crippen molar-refractivity contribution >= 4 is 5.82 Å².